The van der Waals surface area contributed by atoms with Gasteiger partial charge in [-0.2, -0.15) is 0 Å². The van der Waals surface area contributed by atoms with E-state index >= 15 is 0 Å². The summed E-state index contributed by atoms with van der Waals surface area (Å²) in [6.45, 7) is 4.31. The van der Waals surface area contributed by atoms with Gasteiger partial charge in [0.05, 0.1) is 0 Å². The largest absolute Gasteiger partial charge is 0.306 e. The van der Waals surface area contributed by atoms with Gasteiger partial charge in [0, 0.05) is 36.1 Å². The van der Waals surface area contributed by atoms with E-state index in [0.29, 0.717) is 6.42 Å². The summed E-state index contributed by atoms with van der Waals surface area (Å²) in [5, 5.41) is 0. The molecule has 110 valence electrons. The van der Waals surface area contributed by atoms with Gasteiger partial charge in [-0.1, -0.05) is 34.1 Å². The molecule has 0 aromatic heterocycles. The van der Waals surface area contributed by atoms with Gasteiger partial charge in [0.1, 0.15) is 0 Å². The first-order valence-corrected chi connectivity index (χ1v) is 8.00. The molecule has 1 saturated heterocycles. The van der Waals surface area contributed by atoms with Crippen LogP contribution < -0.4 is 0 Å². The van der Waals surface area contributed by atoms with Crippen molar-refractivity contribution < 1.29 is 4.79 Å². The SMILES string of the molecule is CN(CCC(=O)c1ccccc1Br)CC1CCN(C)C1. The molecule has 1 aliphatic rings. The zero-order valence-corrected chi connectivity index (χ0v) is 13.9. The molecule has 1 fully saturated rings. The maximum atomic E-state index is 12.2. The summed E-state index contributed by atoms with van der Waals surface area (Å²) in [6, 6.07) is 7.66. The standard InChI is InChI=1S/C16H23BrN2O/c1-18-9-7-13(11-18)12-19(2)10-8-16(20)14-5-3-4-6-15(14)17/h3-6,13H,7-12H2,1-2H3. The van der Waals surface area contributed by atoms with Crippen LogP contribution in [-0.2, 0) is 0 Å². The molecule has 0 N–H and O–H groups in total. The zero-order valence-electron chi connectivity index (χ0n) is 12.3. The van der Waals surface area contributed by atoms with Crippen LogP contribution in [0.1, 0.15) is 23.2 Å². The Morgan fingerprint density at radius 1 is 1.45 bits per heavy atom. The number of rotatable bonds is 6. The van der Waals surface area contributed by atoms with Gasteiger partial charge >= 0.3 is 0 Å². The number of hydrogen-bond donors (Lipinski definition) is 0. The Bertz CT molecular complexity index is 464. The van der Waals surface area contributed by atoms with Crippen molar-refractivity contribution in [3.8, 4) is 0 Å². The molecule has 1 aromatic carbocycles. The molecular weight excluding hydrogens is 316 g/mol. The lowest BCUT2D eigenvalue weighted by Crippen LogP contribution is -2.29. The number of hydrogen-bond acceptors (Lipinski definition) is 3. The van der Waals surface area contributed by atoms with Crippen molar-refractivity contribution in [3.05, 3.63) is 34.3 Å². The number of Topliss-reactive ketones (excluding diaryl/α,β-unsaturated/α-hetero) is 1. The van der Waals surface area contributed by atoms with Gasteiger partial charge in [-0.05, 0) is 39.0 Å². The second-order valence-corrected chi connectivity index (χ2v) is 6.69. The lowest BCUT2D eigenvalue weighted by Gasteiger charge is -2.20. The molecule has 1 aliphatic heterocycles. The molecule has 0 radical (unpaired) electrons. The summed E-state index contributed by atoms with van der Waals surface area (Å²) in [5.41, 5.74) is 0.793. The van der Waals surface area contributed by atoms with Gasteiger partial charge in [0.25, 0.3) is 0 Å². The van der Waals surface area contributed by atoms with Crippen molar-refractivity contribution in [3.63, 3.8) is 0 Å². The van der Waals surface area contributed by atoms with Gasteiger partial charge in [0.15, 0.2) is 5.78 Å². The number of nitrogens with zero attached hydrogens (tertiary/aromatic N) is 2. The van der Waals surface area contributed by atoms with E-state index in [1.807, 2.05) is 24.3 Å². The first-order valence-electron chi connectivity index (χ1n) is 7.21. The molecule has 4 heteroatoms. The average Bonchev–Trinajstić information content (AvgIpc) is 2.82. The molecule has 0 saturated carbocycles. The smallest absolute Gasteiger partial charge is 0.165 e. The lowest BCUT2D eigenvalue weighted by molar-refractivity contribution is 0.0965. The predicted octanol–water partition coefficient (Wildman–Crippen LogP) is 2.91. The van der Waals surface area contributed by atoms with E-state index in [-0.39, 0.29) is 5.78 Å². The fraction of sp³-hybridized carbons (Fsp3) is 0.562. The topological polar surface area (TPSA) is 23.6 Å². The Balaban J connectivity index is 1.77. The van der Waals surface area contributed by atoms with Gasteiger partial charge in [-0.25, -0.2) is 0 Å². The Labute approximate surface area is 130 Å². The van der Waals surface area contributed by atoms with Gasteiger partial charge < -0.3 is 9.80 Å². The van der Waals surface area contributed by atoms with Crippen molar-refractivity contribution >= 4 is 21.7 Å². The van der Waals surface area contributed by atoms with Gasteiger partial charge in [-0.3, -0.25) is 4.79 Å². The third-order valence-corrected chi connectivity index (χ3v) is 4.65. The predicted molar refractivity (Wildman–Crippen MR) is 86.2 cm³/mol. The Kier molecular flexibility index (Phi) is 5.75. The van der Waals surface area contributed by atoms with E-state index in [2.05, 4.69) is 39.8 Å². The highest BCUT2D eigenvalue weighted by molar-refractivity contribution is 9.10. The van der Waals surface area contributed by atoms with Crippen LogP contribution in [0.2, 0.25) is 0 Å². The number of carbonyl (C=O) groups excluding carboxylic acids is 1. The fourth-order valence-corrected chi connectivity index (χ4v) is 3.33. The summed E-state index contributed by atoms with van der Waals surface area (Å²) in [5.74, 6) is 0.969. The summed E-state index contributed by atoms with van der Waals surface area (Å²) < 4.78 is 0.894. The number of likely N-dealkylation sites (tertiary alicyclic amines) is 1. The number of benzene rings is 1. The number of ketones is 1. The van der Waals surface area contributed by atoms with Gasteiger partial charge in [-0.15, -0.1) is 0 Å². The fourth-order valence-electron chi connectivity index (χ4n) is 2.82. The molecule has 0 bridgehead atoms. The highest BCUT2D eigenvalue weighted by Crippen LogP contribution is 2.18. The first-order chi connectivity index (χ1) is 9.56. The Morgan fingerprint density at radius 3 is 2.85 bits per heavy atom. The molecule has 0 spiro atoms. The first kappa shape index (κ1) is 15.7. The van der Waals surface area contributed by atoms with Crippen LogP contribution in [0.5, 0.6) is 0 Å². The van der Waals surface area contributed by atoms with Crippen molar-refractivity contribution in [1.29, 1.82) is 0 Å². The van der Waals surface area contributed by atoms with Crippen LogP contribution >= 0.6 is 15.9 Å². The van der Waals surface area contributed by atoms with Crippen LogP contribution in [0.15, 0.2) is 28.7 Å². The molecule has 2 rings (SSSR count). The normalized spacial score (nSPS) is 19.7. The maximum Gasteiger partial charge on any atom is 0.165 e. The van der Waals surface area contributed by atoms with Crippen LogP contribution in [0.3, 0.4) is 0 Å². The minimum absolute atomic E-state index is 0.216. The maximum absolute atomic E-state index is 12.2. The number of halogens is 1. The second-order valence-electron chi connectivity index (χ2n) is 5.83. The molecule has 20 heavy (non-hydrogen) atoms. The van der Waals surface area contributed by atoms with E-state index in [9.17, 15) is 4.79 Å². The van der Waals surface area contributed by atoms with E-state index in [1.165, 1.54) is 19.5 Å². The summed E-state index contributed by atoms with van der Waals surface area (Å²) in [4.78, 5) is 16.9. The summed E-state index contributed by atoms with van der Waals surface area (Å²) in [6.07, 6.45) is 1.86. The molecule has 1 atom stereocenters. The molecule has 1 aromatic rings. The minimum Gasteiger partial charge on any atom is -0.306 e. The minimum atomic E-state index is 0.216. The Hall–Kier alpha value is -0.710. The average molecular weight is 339 g/mol. The van der Waals surface area contributed by atoms with E-state index in [1.54, 1.807) is 0 Å². The van der Waals surface area contributed by atoms with E-state index in [4.69, 9.17) is 0 Å². The van der Waals surface area contributed by atoms with Crippen molar-refractivity contribution in [2.24, 2.45) is 5.92 Å². The third-order valence-electron chi connectivity index (χ3n) is 3.95. The van der Waals surface area contributed by atoms with Gasteiger partial charge in [0.2, 0.25) is 0 Å². The molecule has 1 heterocycles. The quantitative estimate of drug-likeness (QED) is 0.745. The zero-order chi connectivity index (χ0) is 14.5. The third kappa shape index (κ3) is 4.40. The number of carbonyl (C=O) groups is 1. The molecule has 0 amide bonds. The highest BCUT2D eigenvalue weighted by atomic mass is 79.9. The van der Waals surface area contributed by atoms with Crippen LogP contribution in [-0.4, -0.2) is 55.9 Å². The van der Waals surface area contributed by atoms with Crippen molar-refractivity contribution in [2.45, 2.75) is 12.8 Å². The van der Waals surface area contributed by atoms with Crippen molar-refractivity contribution in [1.82, 2.24) is 9.80 Å². The van der Waals surface area contributed by atoms with Crippen LogP contribution in [0.25, 0.3) is 0 Å². The summed E-state index contributed by atoms with van der Waals surface area (Å²) in [7, 11) is 4.29. The van der Waals surface area contributed by atoms with Crippen molar-refractivity contribution in [2.75, 3.05) is 40.3 Å². The highest BCUT2D eigenvalue weighted by Gasteiger charge is 2.21. The molecule has 0 aliphatic carbocycles. The lowest BCUT2D eigenvalue weighted by atomic mass is 10.1. The Morgan fingerprint density at radius 2 is 2.20 bits per heavy atom. The summed E-state index contributed by atoms with van der Waals surface area (Å²) >= 11 is 3.44. The van der Waals surface area contributed by atoms with E-state index < -0.39 is 0 Å². The van der Waals surface area contributed by atoms with E-state index in [0.717, 1.165) is 29.0 Å². The monoisotopic (exact) mass is 338 g/mol. The van der Waals surface area contributed by atoms with Crippen LogP contribution in [0, 0.1) is 5.92 Å². The second kappa shape index (κ2) is 7.34. The van der Waals surface area contributed by atoms with Crippen LogP contribution in [0.4, 0.5) is 0 Å². The molecule has 1 unspecified atom stereocenters. The molecular formula is C16H23BrN2O. The molecule has 3 nitrogen and oxygen atoms in total.